The first-order chi connectivity index (χ1) is 20.6. The third kappa shape index (κ3) is 3.19. The molecule has 1 nitrogen and oxygen atoms in total. The molecule has 7 aromatic carbocycles. The summed E-state index contributed by atoms with van der Waals surface area (Å²) >= 11 is 0. The molecule has 0 fully saturated rings. The summed E-state index contributed by atoms with van der Waals surface area (Å²) in [4.78, 5) is 0. The van der Waals surface area contributed by atoms with Crippen molar-refractivity contribution in [3.63, 3.8) is 0 Å². The summed E-state index contributed by atoms with van der Waals surface area (Å²) in [5.41, 5.74) is 12.3. The van der Waals surface area contributed by atoms with Gasteiger partial charge in [0.05, 0.1) is 0 Å². The highest BCUT2D eigenvalue weighted by Crippen LogP contribution is 2.54. The molecule has 0 N–H and O–H groups in total. The van der Waals surface area contributed by atoms with Crippen molar-refractivity contribution in [2.75, 3.05) is 0 Å². The Balaban J connectivity index is 1.34. The van der Waals surface area contributed by atoms with Crippen LogP contribution in [0.3, 0.4) is 0 Å². The molecule has 1 aliphatic rings. The molecule has 0 atom stereocenters. The van der Waals surface area contributed by atoms with Crippen molar-refractivity contribution < 1.29 is 4.42 Å². The molecule has 42 heavy (non-hydrogen) atoms. The van der Waals surface area contributed by atoms with Gasteiger partial charge in [-0.05, 0) is 96.4 Å². The molecule has 0 bridgehead atoms. The highest BCUT2D eigenvalue weighted by Gasteiger charge is 2.37. The Morgan fingerprint density at radius 3 is 2.05 bits per heavy atom. The van der Waals surface area contributed by atoms with Crippen molar-refractivity contribution in [2.45, 2.75) is 19.3 Å². The zero-order valence-corrected chi connectivity index (χ0v) is 23.6. The summed E-state index contributed by atoms with van der Waals surface area (Å²) in [7, 11) is 0. The van der Waals surface area contributed by atoms with Crippen LogP contribution in [0.25, 0.3) is 76.9 Å². The molecule has 0 aliphatic heterocycles. The van der Waals surface area contributed by atoms with Gasteiger partial charge in [0.25, 0.3) is 0 Å². The van der Waals surface area contributed by atoms with Gasteiger partial charge in [0.1, 0.15) is 11.2 Å². The minimum Gasteiger partial charge on any atom is -0.456 e. The molecule has 0 unspecified atom stereocenters. The predicted molar refractivity (Wildman–Crippen MR) is 177 cm³/mol. The highest BCUT2D eigenvalue weighted by molar-refractivity contribution is 6.16. The van der Waals surface area contributed by atoms with Crippen LogP contribution in [0.2, 0.25) is 0 Å². The van der Waals surface area contributed by atoms with Gasteiger partial charge in [-0.2, -0.15) is 0 Å². The minimum absolute atomic E-state index is 0.0819. The van der Waals surface area contributed by atoms with Crippen molar-refractivity contribution >= 4 is 43.5 Å². The number of hydrogen-bond donors (Lipinski definition) is 0. The van der Waals surface area contributed by atoms with Crippen LogP contribution in [0.4, 0.5) is 0 Å². The van der Waals surface area contributed by atoms with Gasteiger partial charge in [-0.1, -0.05) is 117 Å². The molecular formula is C41H28O. The lowest BCUT2D eigenvalue weighted by atomic mass is 9.80. The van der Waals surface area contributed by atoms with Crippen LogP contribution in [-0.4, -0.2) is 0 Å². The first-order valence-electron chi connectivity index (χ1n) is 14.7. The second-order valence-electron chi connectivity index (χ2n) is 12.1. The Morgan fingerprint density at radius 1 is 0.452 bits per heavy atom. The van der Waals surface area contributed by atoms with E-state index in [1.165, 1.54) is 71.4 Å². The van der Waals surface area contributed by atoms with Crippen molar-refractivity contribution in [1.82, 2.24) is 0 Å². The van der Waals surface area contributed by atoms with E-state index in [9.17, 15) is 0 Å². The predicted octanol–water partition coefficient (Wildman–Crippen LogP) is 11.5. The molecule has 9 rings (SSSR count). The maximum Gasteiger partial charge on any atom is 0.136 e. The largest absolute Gasteiger partial charge is 0.456 e. The number of furan rings is 1. The summed E-state index contributed by atoms with van der Waals surface area (Å²) in [6, 6.07) is 48.7. The van der Waals surface area contributed by atoms with E-state index in [0.29, 0.717) is 0 Å². The Kier molecular flexibility index (Phi) is 4.73. The lowest BCUT2D eigenvalue weighted by Gasteiger charge is -2.23. The van der Waals surface area contributed by atoms with Gasteiger partial charge >= 0.3 is 0 Å². The van der Waals surface area contributed by atoms with Crippen LogP contribution in [0.1, 0.15) is 25.0 Å². The van der Waals surface area contributed by atoms with Gasteiger partial charge in [-0.25, -0.2) is 0 Å². The molecule has 0 radical (unpaired) electrons. The third-order valence-electron chi connectivity index (χ3n) is 9.42. The van der Waals surface area contributed by atoms with Crippen LogP contribution >= 0.6 is 0 Å². The molecule has 1 heteroatoms. The second kappa shape index (κ2) is 8.44. The van der Waals surface area contributed by atoms with E-state index in [1.807, 2.05) is 0 Å². The number of benzene rings is 7. The van der Waals surface area contributed by atoms with E-state index in [0.717, 1.165) is 16.6 Å². The monoisotopic (exact) mass is 536 g/mol. The zero-order chi connectivity index (χ0) is 28.0. The Labute approximate surface area is 244 Å². The first kappa shape index (κ1) is 23.6. The summed E-state index contributed by atoms with van der Waals surface area (Å²) < 4.78 is 6.41. The van der Waals surface area contributed by atoms with Crippen molar-refractivity contribution in [3.8, 4) is 33.4 Å². The van der Waals surface area contributed by atoms with Gasteiger partial charge < -0.3 is 4.42 Å². The van der Waals surface area contributed by atoms with Crippen LogP contribution in [0, 0.1) is 0 Å². The third-order valence-corrected chi connectivity index (χ3v) is 9.42. The molecule has 1 aliphatic carbocycles. The van der Waals surface area contributed by atoms with E-state index in [2.05, 4.69) is 147 Å². The Bertz CT molecular complexity index is 2370. The van der Waals surface area contributed by atoms with Crippen molar-refractivity contribution in [1.29, 1.82) is 0 Å². The van der Waals surface area contributed by atoms with Gasteiger partial charge in [0.2, 0.25) is 0 Å². The fraction of sp³-hybridized carbons (Fsp3) is 0.0732. The average Bonchev–Trinajstić information content (AvgIpc) is 3.50. The van der Waals surface area contributed by atoms with Crippen LogP contribution in [0.15, 0.2) is 138 Å². The fourth-order valence-electron chi connectivity index (χ4n) is 7.40. The lowest BCUT2D eigenvalue weighted by molar-refractivity contribution is 0.661. The Morgan fingerprint density at radius 2 is 1.19 bits per heavy atom. The molecule has 0 saturated carbocycles. The van der Waals surface area contributed by atoms with Crippen LogP contribution < -0.4 is 0 Å². The second-order valence-corrected chi connectivity index (χ2v) is 12.1. The molecule has 198 valence electrons. The van der Waals surface area contributed by atoms with Crippen molar-refractivity contribution in [2.24, 2.45) is 0 Å². The number of fused-ring (bicyclic) bond motifs is 8. The standard InChI is InChI=1S/C41H28O/c1-41(2)34-17-9-8-15-32(34)40-35(41)23-29-21-28(19-20-31(29)38(40)25-11-4-3-5-12-25)30-16-10-18-36-39(30)33-22-26-13-6-7-14-27(26)24-37(33)42-36/h3-24H,1-2H3. The van der Waals surface area contributed by atoms with Gasteiger partial charge in [-0.3, -0.25) is 0 Å². The van der Waals surface area contributed by atoms with E-state index >= 15 is 0 Å². The molecule has 0 saturated heterocycles. The summed E-state index contributed by atoms with van der Waals surface area (Å²) in [5.74, 6) is 0. The Hall–Kier alpha value is -5.14. The van der Waals surface area contributed by atoms with E-state index in [1.54, 1.807) is 0 Å². The molecule has 1 heterocycles. The van der Waals surface area contributed by atoms with E-state index in [4.69, 9.17) is 4.42 Å². The zero-order valence-electron chi connectivity index (χ0n) is 23.6. The maximum absolute atomic E-state index is 6.41. The quantitative estimate of drug-likeness (QED) is 0.214. The SMILES string of the molecule is CC1(C)c2ccccc2-c2c1cc1cc(-c3cccc4oc5cc6ccccc6cc5c34)ccc1c2-c1ccccc1. The van der Waals surface area contributed by atoms with Gasteiger partial charge in [-0.15, -0.1) is 0 Å². The first-order valence-corrected chi connectivity index (χ1v) is 14.7. The van der Waals surface area contributed by atoms with Crippen LogP contribution in [0.5, 0.6) is 0 Å². The molecule has 8 aromatic rings. The van der Waals surface area contributed by atoms with Gasteiger partial charge in [0, 0.05) is 16.2 Å². The fourth-order valence-corrected chi connectivity index (χ4v) is 7.40. The normalized spacial score (nSPS) is 13.7. The molecule has 1 aromatic heterocycles. The number of hydrogen-bond acceptors (Lipinski definition) is 1. The smallest absolute Gasteiger partial charge is 0.136 e. The van der Waals surface area contributed by atoms with Crippen LogP contribution in [-0.2, 0) is 5.41 Å². The number of rotatable bonds is 2. The van der Waals surface area contributed by atoms with E-state index < -0.39 is 0 Å². The van der Waals surface area contributed by atoms with E-state index in [-0.39, 0.29) is 5.41 Å². The average molecular weight is 537 g/mol. The summed E-state index contributed by atoms with van der Waals surface area (Å²) in [6.45, 7) is 4.73. The van der Waals surface area contributed by atoms with Crippen molar-refractivity contribution in [3.05, 3.63) is 145 Å². The molecular weight excluding hydrogens is 508 g/mol. The molecule has 0 spiro atoms. The molecule has 0 amide bonds. The van der Waals surface area contributed by atoms with Gasteiger partial charge in [0.15, 0.2) is 0 Å². The topological polar surface area (TPSA) is 13.1 Å². The summed E-state index contributed by atoms with van der Waals surface area (Å²) in [5, 5.41) is 7.31. The minimum atomic E-state index is -0.0819. The summed E-state index contributed by atoms with van der Waals surface area (Å²) in [6.07, 6.45) is 0. The highest BCUT2D eigenvalue weighted by atomic mass is 16.3. The maximum atomic E-state index is 6.41. The lowest BCUT2D eigenvalue weighted by Crippen LogP contribution is -2.14.